The molecule has 21 heavy (non-hydrogen) atoms. The van der Waals surface area contributed by atoms with Gasteiger partial charge in [0.2, 0.25) is 0 Å². The summed E-state index contributed by atoms with van der Waals surface area (Å²) in [6.07, 6.45) is 9.44. The molecule has 0 bridgehead atoms. The van der Waals surface area contributed by atoms with Crippen molar-refractivity contribution in [2.75, 3.05) is 32.8 Å². The topological polar surface area (TPSA) is 53.6 Å². The summed E-state index contributed by atoms with van der Waals surface area (Å²) in [4.78, 5) is 14.0. The number of rotatable bonds is 5. The summed E-state index contributed by atoms with van der Waals surface area (Å²) in [7, 11) is 0. The van der Waals surface area contributed by atoms with Gasteiger partial charge in [0, 0.05) is 32.2 Å². The Morgan fingerprint density at radius 2 is 1.95 bits per heavy atom. The predicted molar refractivity (Wildman–Crippen MR) is 84.5 cm³/mol. The number of amides is 2. The zero-order valence-electron chi connectivity index (χ0n) is 13.4. The Kier molecular flexibility index (Phi) is 7.30. The van der Waals surface area contributed by atoms with Crippen LogP contribution in [-0.4, -0.2) is 55.9 Å². The van der Waals surface area contributed by atoms with E-state index in [1.807, 2.05) is 6.92 Å². The van der Waals surface area contributed by atoms with Crippen LogP contribution in [0.2, 0.25) is 0 Å². The number of urea groups is 1. The van der Waals surface area contributed by atoms with Crippen molar-refractivity contribution >= 4 is 6.03 Å². The number of nitrogens with one attached hydrogen (secondary N) is 2. The van der Waals surface area contributed by atoms with E-state index in [2.05, 4.69) is 15.5 Å². The van der Waals surface area contributed by atoms with Crippen molar-refractivity contribution in [2.45, 2.75) is 64.0 Å². The number of ether oxygens (including phenoxy) is 1. The molecule has 0 aromatic rings. The van der Waals surface area contributed by atoms with Crippen molar-refractivity contribution in [3.05, 3.63) is 0 Å². The molecule has 1 aliphatic carbocycles. The van der Waals surface area contributed by atoms with Crippen LogP contribution in [-0.2, 0) is 4.74 Å². The molecule has 2 amide bonds. The molecule has 1 atom stereocenters. The first-order valence-corrected chi connectivity index (χ1v) is 8.67. The Hall–Kier alpha value is -0.810. The largest absolute Gasteiger partial charge is 0.375 e. The van der Waals surface area contributed by atoms with Gasteiger partial charge >= 0.3 is 6.03 Å². The first-order chi connectivity index (χ1) is 10.3. The van der Waals surface area contributed by atoms with E-state index in [4.69, 9.17) is 4.74 Å². The zero-order valence-corrected chi connectivity index (χ0v) is 13.4. The quantitative estimate of drug-likeness (QED) is 0.764. The van der Waals surface area contributed by atoms with E-state index in [0.717, 1.165) is 32.2 Å². The molecule has 1 saturated carbocycles. The van der Waals surface area contributed by atoms with E-state index < -0.39 is 0 Å². The van der Waals surface area contributed by atoms with Gasteiger partial charge in [0.1, 0.15) is 0 Å². The van der Waals surface area contributed by atoms with Gasteiger partial charge in [0.05, 0.1) is 12.7 Å². The molecule has 0 aromatic carbocycles. The fourth-order valence-electron chi connectivity index (χ4n) is 3.44. The van der Waals surface area contributed by atoms with Crippen molar-refractivity contribution in [3.63, 3.8) is 0 Å². The summed E-state index contributed by atoms with van der Waals surface area (Å²) in [6.45, 7) is 6.22. The molecule has 122 valence electrons. The number of nitrogens with zero attached hydrogens (tertiary/aromatic N) is 1. The minimum absolute atomic E-state index is 0.0751. The van der Waals surface area contributed by atoms with Gasteiger partial charge in [-0.3, -0.25) is 4.90 Å². The summed E-state index contributed by atoms with van der Waals surface area (Å²) < 4.78 is 5.86. The van der Waals surface area contributed by atoms with Crippen molar-refractivity contribution < 1.29 is 9.53 Å². The Balaban J connectivity index is 1.68. The third-order valence-electron chi connectivity index (χ3n) is 4.60. The Labute approximate surface area is 128 Å². The molecule has 1 saturated heterocycles. The van der Waals surface area contributed by atoms with Crippen molar-refractivity contribution in [1.82, 2.24) is 15.5 Å². The van der Waals surface area contributed by atoms with Crippen molar-refractivity contribution in [3.8, 4) is 0 Å². The molecule has 2 aliphatic rings. The lowest BCUT2D eigenvalue weighted by molar-refractivity contribution is -0.0477. The SMILES string of the molecule is CCNC(=O)NCCC1CN(C2CCCCCC2)CCO1. The van der Waals surface area contributed by atoms with Crippen molar-refractivity contribution in [2.24, 2.45) is 0 Å². The van der Waals surface area contributed by atoms with Crippen LogP contribution in [0.3, 0.4) is 0 Å². The van der Waals surface area contributed by atoms with Gasteiger partial charge < -0.3 is 15.4 Å². The van der Waals surface area contributed by atoms with E-state index in [0.29, 0.717) is 13.1 Å². The van der Waals surface area contributed by atoms with Gasteiger partial charge in [-0.2, -0.15) is 0 Å². The molecule has 5 heteroatoms. The first-order valence-electron chi connectivity index (χ1n) is 8.67. The molecule has 1 heterocycles. The monoisotopic (exact) mass is 297 g/mol. The van der Waals surface area contributed by atoms with Gasteiger partial charge in [-0.05, 0) is 26.2 Å². The van der Waals surface area contributed by atoms with Crippen LogP contribution >= 0.6 is 0 Å². The average molecular weight is 297 g/mol. The highest BCUT2D eigenvalue weighted by Crippen LogP contribution is 2.23. The molecular formula is C16H31N3O2. The molecular weight excluding hydrogens is 266 g/mol. The predicted octanol–water partition coefficient (Wildman–Crippen LogP) is 2.12. The maximum atomic E-state index is 11.4. The lowest BCUT2D eigenvalue weighted by Crippen LogP contribution is -2.48. The highest BCUT2D eigenvalue weighted by Gasteiger charge is 2.26. The fraction of sp³-hybridized carbons (Fsp3) is 0.938. The number of morpholine rings is 1. The highest BCUT2D eigenvalue weighted by atomic mass is 16.5. The van der Waals surface area contributed by atoms with Gasteiger partial charge in [-0.15, -0.1) is 0 Å². The van der Waals surface area contributed by atoms with Crippen LogP contribution in [0.15, 0.2) is 0 Å². The number of hydrogen-bond acceptors (Lipinski definition) is 3. The third kappa shape index (κ3) is 5.83. The van der Waals surface area contributed by atoms with Crippen LogP contribution in [0.4, 0.5) is 4.79 Å². The van der Waals surface area contributed by atoms with Gasteiger partial charge in [-0.25, -0.2) is 4.79 Å². The Morgan fingerprint density at radius 1 is 1.19 bits per heavy atom. The summed E-state index contributed by atoms with van der Waals surface area (Å²) in [5, 5.41) is 5.64. The van der Waals surface area contributed by atoms with E-state index >= 15 is 0 Å². The molecule has 0 spiro atoms. The zero-order chi connectivity index (χ0) is 14.9. The maximum Gasteiger partial charge on any atom is 0.314 e. The molecule has 1 aliphatic heterocycles. The van der Waals surface area contributed by atoms with Gasteiger partial charge in [-0.1, -0.05) is 25.7 Å². The van der Waals surface area contributed by atoms with Crippen LogP contribution in [0.5, 0.6) is 0 Å². The highest BCUT2D eigenvalue weighted by molar-refractivity contribution is 5.73. The first kappa shape index (κ1) is 16.6. The third-order valence-corrected chi connectivity index (χ3v) is 4.60. The number of carbonyl (C=O) groups is 1. The smallest absolute Gasteiger partial charge is 0.314 e. The lowest BCUT2D eigenvalue weighted by Gasteiger charge is -2.38. The molecule has 2 fully saturated rings. The minimum Gasteiger partial charge on any atom is -0.375 e. The lowest BCUT2D eigenvalue weighted by atomic mass is 10.1. The summed E-state index contributed by atoms with van der Waals surface area (Å²) in [5.41, 5.74) is 0. The molecule has 2 rings (SSSR count). The van der Waals surface area contributed by atoms with Crippen molar-refractivity contribution in [1.29, 1.82) is 0 Å². The van der Waals surface area contributed by atoms with E-state index in [9.17, 15) is 4.79 Å². The van der Waals surface area contributed by atoms with Crippen LogP contribution in [0, 0.1) is 0 Å². The molecule has 5 nitrogen and oxygen atoms in total. The standard InChI is InChI=1S/C16H31N3O2/c1-2-17-16(20)18-10-9-15-13-19(11-12-21-15)14-7-5-3-4-6-8-14/h14-15H,2-13H2,1H3,(H2,17,18,20). The second kappa shape index (κ2) is 9.26. The van der Waals surface area contributed by atoms with Gasteiger partial charge in [0.15, 0.2) is 0 Å². The normalized spacial score (nSPS) is 25.3. The maximum absolute atomic E-state index is 11.4. The summed E-state index contributed by atoms with van der Waals surface area (Å²) in [6, 6.07) is 0.684. The number of hydrogen-bond donors (Lipinski definition) is 2. The number of carbonyl (C=O) groups excluding carboxylic acids is 1. The molecule has 1 unspecified atom stereocenters. The summed E-state index contributed by atoms with van der Waals surface area (Å²) >= 11 is 0. The van der Waals surface area contributed by atoms with Crippen LogP contribution < -0.4 is 10.6 Å². The van der Waals surface area contributed by atoms with Crippen LogP contribution in [0.1, 0.15) is 51.9 Å². The van der Waals surface area contributed by atoms with E-state index in [-0.39, 0.29) is 12.1 Å². The Morgan fingerprint density at radius 3 is 2.67 bits per heavy atom. The second-order valence-corrected chi connectivity index (χ2v) is 6.21. The molecule has 2 N–H and O–H groups in total. The molecule has 0 aromatic heterocycles. The van der Waals surface area contributed by atoms with Gasteiger partial charge in [0.25, 0.3) is 0 Å². The summed E-state index contributed by atoms with van der Waals surface area (Å²) in [5.74, 6) is 0. The van der Waals surface area contributed by atoms with E-state index in [1.54, 1.807) is 0 Å². The minimum atomic E-state index is -0.0751. The Bertz CT molecular complexity index is 304. The van der Waals surface area contributed by atoms with E-state index in [1.165, 1.54) is 38.5 Å². The molecule has 0 radical (unpaired) electrons. The fourth-order valence-corrected chi connectivity index (χ4v) is 3.44. The second-order valence-electron chi connectivity index (χ2n) is 6.21. The van der Waals surface area contributed by atoms with Crippen LogP contribution in [0.25, 0.3) is 0 Å². The average Bonchev–Trinajstić information content (AvgIpc) is 2.77.